The number of hydrogen-bond acceptors (Lipinski definition) is 4. The van der Waals surface area contributed by atoms with Crippen molar-refractivity contribution in [3.8, 4) is 11.5 Å². The zero-order chi connectivity index (χ0) is 14.7. The van der Waals surface area contributed by atoms with Crippen LogP contribution in [0.1, 0.15) is 5.56 Å². The highest BCUT2D eigenvalue weighted by molar-refractivity contribution is 9.10. The Morgan fingerprint density at radius 3 is 2.67 bits per heavy atom. The summed E-state index contributed by atoms with van der Waals surface area (Å²) in [5, 5.41) is 2.67. The van der Waals surface area contributed by atoms with Crippen molar-refractivity contribution in [3.05, 3.63) is 52.5 Å². The Balaban J connectivity index is 1.62. The van der Waals surface area contributed by atoms with Crippen LogP contribution in [0.2, 0.25) is 0 Å². The molecule has 2 aromatic rings. The van der Waals surface area contributed by atoms with Crippen LogP contribution >= 0.6 is 15.9 Å². The summed E-state index contributed by atoms with van der Waals surface area (Å²) in [5.41, 5.74) is 1.50. The van der Waals surface area contributed by atoms with Crippen LogP contribution in [-0.2, 0) is 11.3 Å². The molecule has 3 rings (SSSR count). The SMILES string of the molecule is O=C(Nc1cc2c(cc1Br)OCO2)OCc1ccccc1. The quantitative estimate of drug-likeness (QED) is 0.912. The number of carbonyl (C=O) groups is 1. The second-order valence-corrected chi connectivity index (χ2v) is 5.23. The van der Waals surface area contributed by atoms with Crippen molar-refractivity contribution in [2.75, 3.05) is 12.1 Å². The van der Waals surface area contributed by atoms with Gasteiger partial charge in [0.1, 0.15) is 6.61 Å². The van der Waals surface area contributed by atoms with E-state index in [1.54, 1.807) is 12.1 Å². The number of nitrogens with one attached hydrogen (secondary N) is 1. The zero-order valence-corrected chi connectivity index (χ0v) is 12.6. The van der Waals surface area contributed by atoms with Gasteiger partial charge in [0.25, 0.3) is 0 Å². The molecule has 2 aromatic carbocycles. The lowest BCUT2D eigenvalue weighted by Gasteiger charge is -2.09. The normalized spacial score (nSPS) is 12.0. The van der Waals surface area contributed by atoms with Gasteiger partial charge in [-0.25, -0.2) is 4.79 Å². The average Bonchev–Trinajstić information content (AvgIpc) is 2.94. The Morgan fingerprint density at radius 2 is 1.90 bits per heavy atom. The van der Waals surface area contributed by atoms with Gasteiger partial charge in [-0.05, 0) is 21.5 Å². The summed E-state index contributed by atoms with van der Waals surface area (Å²) in [6.45, 7) is 0.401. The summed E-state index contributed by atoms with van der Waals surface area (Å²) in [7, 11) is 0. The van der Waals surface area contributed by atoms with E-state index in [1.807, 2.05) is 30.3 Å². The molecule has 0 aliphatic carbocycles. The number of ether oxygens (including phenoxy) is 3. The maximum absolute atomic E-state index is 11.8. The highest BCUT2D eigenvalue weighted by Crippen LogP contribution is 2.39. The minimum atomic E-state index is -0.529. The number of rotatable bonds is 3. The number of hydrogen-bond donors (Lipinski definition) is 1. The first-order valence-corrected chi connectivity index (χ1v) is 7.08. The van der Waals surface area contributed by atoms with E-state index in [-0.39, 0.29) is 13.4 Å². The van der Waals surface area contributed by atoms with Crippen molar-refractivity contribution >= 4 is 27.7 Å². The molecule has 0 fully saturated rings. The molecule has 0 aromatic heterocycles. The summed E-state index contributed by atoms with van der Waals surface area (Å²) in [5.74, 6) is 1.24. The van der Waals surface area contributed by atoms with Gasteiger partial charge < -0.3 is 14.2 Å². The lowest BCUT2D eigenvalue weighted by molar-refractivity contribution is 0.155. The predicted octanol–water partition coefficient (Wildman–Crippen LogP) is 3.93. The predicted molar refractivity (Wildman–Crippen MR) is 80.5 cm³/mol. The summed E-state index contributed by atoms with van der Waals surface area (Å²) >= 11 is 3.37. The number of halogens is 1. The molecule has 1 aliphatic heterocycles. The van der Waals surface area contributed by atoms with Crippen molar-refractivity contribution in [2.45, 2.75) is 6.61 Å². The van der Waals surface area contributed by atoms with Crippen molar-refractivity contribution in [2.24, 2.45) is 0 Å². The fraction of sp³-hybridized carbons (Fsp3) is 0.133. The van der Waals surface area contributed by atoms with Crippen molar-refractivity contribution in [3.63, 3.8) is 0 Å². The van der Waals surface area contributed by atoms with Crippen molar-refractivity contribution in [1.82, 2.24) is 0 Å². The highest BCUT2D eigenvalue weighted by Gasteiger charge is 2.17. The summed E-state index contributed by atoms with van der Waals surface area (Å²) < 4.78 is 16.4. The van der Waals surface area contributed by atoms with E-state index in [4.69, 9.17) is 14.2 Å². The smallest absolute Gasteiger partial charge is 0.411 e. The van der Waals surface area contributed by atoms with Crippen LogP contribution < -0.4 is 14.8 Å². The first kappa shape index (κ1) is 13.8. The van der Waals surface area contributed by atoms with Gasteiger partial charge in [0, 0.05) is 16.6 Å². The molecule has 1 amide bonds. The molecule has 0 saturated heterocycles. The molecule has 0 spiro atoms. The van der Waals surface area contributed by atoms with E-state index in [0.29, 0.717) is 21.7 Å². The van der Waals surface area contributed by atoms with Crippen molar-refractivity contribution in [1.29, 1.82) is 0 Å². The fourth-order valence-corrected chi connectivity index (χ4v) is 2.30. The molecule has 21 heavy (non-hydrogen) atoms. The molecule has 0 radical (unpaired) electrons. The molecule has 5 nitrogen and oxygen atoms in total. The minimum Gasteiger partial charge on any atom is -0.454 e. The van der Waals surface area contributed by atoms with Gasteiger partial charge in [0.05, 0.1) is 5.69 Å². The maximum atomic E-state index is 11.8. The van der Waals surface area contributed by atoms with E-state index in [0.717, 1.165) is 5.56 Å². The molecule has 0 unspecified atom stereocenters. The number of anilines is 1. The third kappa shape index (κ3) is 3.28. The maximum Gasteiger partial charge on any atom is 0.411 e. The van der Waals surface area contributed by atoms with Crippen LogP contribution in [0.5, 0.6) is 11.5 Å². The molecule has 1 heterocycles. The molecule has 1 N–H and O–H groups in total. The van der Waals surface area contributed by atoms with E-state index in [9.17, 15) is 4.79 Å². The van der Waals surface area contributed by atoms with Gasteiger partial charge in [-0.2, -0.15) is 0 Å². The monoisotopic (exact) mass is 349 g/mol. The van der Waals surface area contributed by atoms with Crippen LogP contribution in [0.15, 0.2) is 46.9 Å². The van der Waals surface area contributed by atoms with Gasteiger partial charge in [-0.15, -0.1) is 0 Å². The fourth-order valence-electron chi connectivity index (χ4n) is 1.88. The third-order valence-corrected chi connectivity index (χ3v) is 3.57. The molecule has 1 aliphatic rings. The van der Waals surface area contributed by atoms with Crippen molar-refractivity contribution < 1.29 is 19.0 Å². The second-order valence-electron chi connectivity index (χ2n) is 4.37. The van der Waals surface area contributed by atoms with Gasteiger partial charge in [-0.1, -0.05) is 30.3 Å². The van der Waals surface area contributed by atoms with E-state index >= 15 is 0 Å². The Kier molecular flexibility index (Phi) is 3.96. The van der Waals surface area contributed by atoms with Gasteiger partial charge in [-0.3, -0.25) is 5.32 Å². The minimum absolute atomic E-state index is 0.184. The van der Waals surface area contributed by atoms with Crippen LogP contribution in [0.4, 0.5) is 10.5 Å². The molecule has 0 bridgehead atoms. The summed E-state index contributed by atoms with van der Waals surface area (Å²) in [6, 6.07) is 12.9. The Hall–Kier alpha value is -2.21. The Bertz CT molecular complexity index is 660. The lowest BCUT2D eigenvalue weighted by Crippen LogP contribution is -2.13. The molecule has 6 heteroatoms. The molecule has 108 valence electrons. The summed E-state index contributed by atoms with van der Waals surface area (Å²) in [4.78, 5) is 11.8. The van der Waals surface area contributed by atoms with E-state index in [2.05, 4.69) is 21.2 Å². The largest absolute Gasteiger partial charge is 0.454 e. The Labute approximate surface area is 129 Å². The van der Waals surface area contributed by atoms with Crippen LogP contribution in [0.25, 0.3) is 0 Å². The number of fused-ring (bicyclic) bond motifs is 1. The van der Waals surface area contributed by atoms with Crippen LogP contribution in [0.3, 0.4) is 0 Å². The molecular weight excluding hydrogens is 338 g/mol. The van der Waals surface area contributed by atoms with Gasteiger partial charge in [0.15, 0.2) is 11.5 Å². The first-order valence-electron chi connectivity index (χ1n) is 6.29. The highest BCUT2D eigenvalue weighted by atomic mass is 79.9. The average molecular weight is 350 g/mol. The lowest BCUT2D eigenvalue weighted by atomic mass is 10.2. The zero-order valence-electron chi connectivity index (χ0n) is 11.0. The van der Waals surface area contributed by atoms with E-state index < -0.39 is 6.09 Å². The first-order chi connectivity index (χ1) is 10.2. The number of amides is 1. The number of carbonyl (C=O) groups excluding carboxylic acids is 1. The van der Waals surface area contributed by atoms with Crippen LogP contribution in [0, 0.1) is 0 Å². The second kappa shape index (κ2) is 6.05. The topological polar surface area (TPSA) is 56.8 Å². The van der Waals surface area contributed by atoms with Crippen LogP contribution in [-0.4, -0.2) is 12.9 Å². The van der Waals surface area contributed by atoms with Gasteiger partial charge in [0.2, 0.25) is 6.79 Å². The van der Waals surface area contributed by atoms with Gasteiger partial charge >= 0.3 is 6.09 Å². The molecule has 0 saturated carbocycles. The Morgan fingerprint density at radius 1 is 1.19 bits per heavy atom. The number of benzene rings is 2. The van der Waals surface area contributed by atoms with E-state index in [1.165, 1.54) is 0 Å². The third-order valence-electron chi connectivity index (χ3n) is 2.91. The molecule has 0 atom stereocenters. The molecular formula is C15H12BrNO4. The summed E-state index contributed by atoms with van der Waals surface area (Å²) in [6.07, 6.45) is -0.529. The standard InChI is InChI=1S/C15H12BrNO4/c16-11-6-13-14(21-9-20-13)7-12(11)17-15(18)19-8-10-4-2-1-3-5-10/h1-7H,8-9H2,(H,17,18).